The molecule has 1 aliphatic rings. The Morgan fingerprint density at radius 3 is 2.52 bits per heavy atom. The number of anilines is 1. The van der Waals surface area contributed by atoms with Crippen molar-refractivity contribution in [2.24, 2.45) is 0 Å². The van der Waals surface area contributed by atoms with Crippen molar-refractivity contribution in [1.82, 2.24) is 9.62 Å². The Balaban J connectivity index is 2.34. The Kier molecular flexibility index (Phi) is 3.96. The number of sulfonamides is 1. The van der Waals surface area contributed by atoms with Gasteiger partial charge in [0.2, 0.25) is 21.8 Å². The molecule has 1 fully saturated rings. The third kappa shape index (κ3) is 2.87. The van der Waals surface area contributed by atoms with Gasteiger partial charge >= 0.3 is 0 Å². The van der Waals surface area contributed by atoms with Crippen molar-refractivity contribution in [3.63, 3.8) is 0 Å². The molecule has 1 saturated heterocycles. The van der Waals surface area contributed by atoms with Crippen LogP contribution in [-0.4, -0.2) is 38.2 Å². The van der Waals surface area contributed by atoms with Crippen LogP contribution in [0.1, 0.15) is 12.0 Å². The van der Waals surface area contributed by atoms with Crippen LogP contribution in [0.2, 0.25) is 5.02 Å². The molecule has 9 heteroatoms. The Bertz CT molecular complexity index is 732. The molecule has 114 valence electrons. The van der Waals surface area contributed by atoms with E-state index in [9.17, 15) is 18.0 Å². The number of halogens is 1. The minimum atomic E-state index is -3.98. The number of carbonyl (C=O) groups excluding carboxylic acids is 2. The molecule has 3 N–H and O–H groups in total. The molecular weight excluding hydrogens is 318 g/mol. The number of nitrogen functional groups attached to an aromatic ring is 1. The monoisotopic (exact) mass is 331 g/mol. The number of hydrogen-bond acceptors (Lipinski definition) is 5. The fourth-order valence-electron chi connectivity index (χ4n) is 2.06. The molecule has 0 saturated carbocycles. The van der Waals surface area contributed by atoms with E-state index in [1.165, 1.54) is 19.2 Å². The van der Waals surface area contributed by atoms with E-state index in [0.29, 0.717) is 5.56 Å². The first-order valence-electron chi connectivity index (χ1n) is 6.02. The Labute approximate surface area is 127 Å². The quantitative estimate of drug-likeness (QED) is 0.610. The van der Waals surface area contributed by atoms with E-state index in [1.54, 1.807) is 6.92 Å². The highest BCUT2D eigenvalue weighted by atomic mass is 35.5. The second-order valence-corrected chi connectivity index (χ2v) is 6.90. The highest BCUT2D eigenvalue weighted by Crippen LogP contribution is 2.26. The Hall–Kier alpha value is -1.64. The van der Waals surface area contributed by atoms with E-state index in [4.69, 9.17) is 17.3 Å². The van der Waals surface area contributed by atoms with Crippen LogP contribution in [0.25, 0.3) is 0 Å². The van der Waals surface area contributed by atoms with E-state index in [-0.39, 0.29) is 22.0 Å². The number of carbonyl (C=O) groups is 2. The lowest BCUT2D eigenvalue weighted by atomic mass is 10.2. The topological polar surface area (TPSA) is 110 Å². The van der Waals surface area contributed by atoms with Crippen LogP contribution in [0.3, 0.4) is 0 Å². The summed E-state index contributed by atoms with van der Waals surface area (Å²) in [6, 6.07) is 1.56. The minimum absolute atomic E-state index is 0.0702. The minimum Gasteiger partial charge on any atom is -0.397 e. The number of imide groups is 1. The fraction of sp³-hybridized carbons (Fsp3) is 0.333. The molecule has 1 atom stereocenters. The van der Waals surface area contributed by atoms with Crippen LogP contribution in [0.15, 0.2) is 17.0 Å². The average Bonchev–Trinajstić information content (AvgIpc) is 2.61. The molecule has 0 aliphatic carbocycles. The predicted octanol–water partition coefficient (Wildman–Crippen LogP) is 0.266. The Morgan fingerprint density at radius 2 is 2.00 bits per heavy atom. The van der Waals surface area contributed by atoms with Gasteiger partial charge in [-0.05, 0) is 24.6 Å². The van der Waals surface area contributed by atoms with Gasteiger partial charge in [0.25, 0.3) is 0 Å². The molecular formula is C12H14ClN3O4S. The molecule has 2 rings (SSSR count). The number of benzene rings is 1. The molecule has 0 radical (unpaired) electrons. The zero-order valence-electron chi connectivity index (χ0n) is 11.4. The summed E-state index contributed by atoms with van der Waals surface area (Å²) in [5.74, 6) is -1.01. The number of hydrogen-bond donors (Lipinski definition) is 2. The van der Waals surface area contributed by atoms with E-state index in [2.05, 4.69) is 4.72 Å². The second kappa shape index (κ2) is 5.28. The standard InChI is InChI=1S/C12H14ClN3O4S/c1-6-3-7(13)8(14)4-10(6)21(19,20)15-9-5-11(17)16(2)12(9)18/h3-4,9,15H,5,14H2,1-2H3. The smallest absolute Gasteiger partial charge is 0.247 e. The number of aryl methyl sites for hydroxylation is 1. The lowest BCUT2D eigenvalue weighted by Gasteiger charge is -2.14. The van der Waals surface area contributed by atoms with Gasteiger partial charge in [0.05, 0.1) is 22.0 Å². The van der Waals surface area contributed by atoms with Gasteiger partial charge in [-0.2, -0.15) is 4.72 Å². The van der Waals surface area contributed by atoms with Gasteiger partial charge in [0, 0.05) is 7.05 Å². The number of rotatable bonds is 3. The summed E-state index contributed by atoms with van der Waals surface area (Å²) >= 11 is 5.82. The molecule has 0 spiro atoms. The molecule has 1 aromatic rings. The lowest BCUT2D eigenvalue weighted by molar-refractivity contribution is -0.137. The number of nitrogens with one attached hydrogen (secondary N) is 1. The maximum absolute atomic E-state index is 12.3. The van der Waals surface area contributed by atoms with Crippen molar-refractivity contribution >= 4 is 39.1 Å². The van der Waals surface area contributed by atoms with Crippen molar-refractivity contribution in [1.29, 1.82) is 0 Å². The molecule has 1 unspecified atom stereocenters. The highest BCUT2D eigenvalue weighted by molar-refractivity contribution is 7.89. The van der Waals surface area contributed by atoms with Gasteiger partial charge in [0.15, 0.2) is 0 Å². The van der Waals surface area contributed by atoms with Crippen LogP contribution < -0.4 is 10.5 Å². The summed E-state index contributed by atoms with van der Waals surface area (Å²) in [5.41, 5.74) is 6.13. The molecule has 2 amide bonds. The molecule has 0 aromatic heterocycles. The van der Waals surface area contributed by atoms with Gasteiger partial charge < -0.3 is 5.73 Å². The van der Waals surface area contributed by atoms with Crippen molar-refractivity contribution in [3.8, 4) is 0 Å². The summed E-state index contributed by atoms with van der Waals surface area (Å²) < 4.78 is 26.9. The van der Waals surface area contributed by atoms with Gasteiger partial charge in [-0.15, -0.1) is 0 Å². The maximum atomic E-state index is 12.3. The highest BCUT2D eigenvalue weighted by Gasteiger charge is 2.39. The third-order valence-electron chi connectivity index (χ3n) is 3.26. The molecule has 1 aliphatic heterocycles. The zero-order valence-corrected chi connectivity index (χ0v) is 13.0. The van der Waals surface area contributed by atoms with Gasteiger partial charge in [0.1, 0.15) is 6.04 Å². The fourth-order valence-corrected chi connectivity index (χ4v) is 3.73. The van der Waals surface area contributed by atoms with Crippen molar-refractivity contribution in [2.75, 3.05) is 12.8 Å². The van der Waals surface area contributed by atoms with Crippen LogP contribution in [0.4, 0.5) is 5.69 Å². The summed E-state index contributed by atoms with van der Waals surface area (Å²) in [4.78, 5) is 24.0. The van der Waals surface area contributed by atoms with Gasteiger partial charge in [-0.1, -0.05) is 11.6 Å². The van der Waals surface area contributed by atoms with Crippen LogP contribution >= 0.6 is 11.6 Å². The summed E-state index contributed by atoms with van der Waals surface area (Å²) in [6.07, 6.45) is -0.198. The Morgan fingerprint density at radius 1 is 1.38 bits per heavy atom. The van der Waals surface area contributed by atoms with E-state index in [0.717, 1.165) is 4.90 Å². The first-order valence-corrected chi connectivity index (χ1v) is 7.88. The first-order chi connectivity index (χ1) is 9.63. The number of amides is 2. The number of nitrogens with zero attached hydrogens (tertiary/aromatic N) is 1. The van der Waals surface area contributed by atoms with E-state index >= 15 is 0 Å². The van der Waals surface area contributed by atoms with Crippen molar-refractivity contribution < 1.29 is 18.0 Å². The van der Waals surface area contributed by atoms with Crippen LogP contribution in [0, 0.1) is 6.92 Å². The van der Waals surface area contributed by atoms with Crippen molar-refractivity contribution in [3.05, 3.63) is 22.7 Å². The van der Waals surface area contributed by atoms with Crippen molar-refractivity contribution in [2.45, 2.75) is 24.3 Å². The number of nitrogens with two attached hydrogens (primary N) is 1. The molecule has 7 nitrogen and oxygen atoms in total. The number of likely N-dealkylation sites (N-methyl/N-ethyl adjacent to an activating group) is 1. The predicted molar refractivity (Wildman–Crippen MR) is 77.1 cm³/mol. The SMILES string of the molecule is Cc1cc(Cl)c(N)cc1S(=O)(=O)NC1CC(=O)N(C)C1=O. The average molecular weight is 332 g/mol. The molecule has 0 bridgehead atoms. The molecule has 21 heavy (non-hydrogen) atoms. The lowest BCUT2D eigenvalue weighted by Crippen LogP contribution is -2.40. The molecule has 1 heterocycles. The van der Waals surface area contributed by atoms with E-state index < -0.39 is 27.9 Å². The zero-order chi connectivity index (χ0) is 15.9. The van der Waals surface area contributed by atoms with Crippen LogP contribution in [-0.2, 0) is 19.6 Å². The number of likely N-dealkylation sites (tertiary alicyclic amines) is 1. The van der Waals surface area contributed by atoms with Crippen LogP contribution in [0.5, 0.6) is 0 Å². The van der Waals surface area contributed by atoms with E-state index in [1.807, 2.05) is 0 Å². The normalized spacial score (nSPS) is 19.4. The summed E-state index contributed by atoms with van der Waals surface area (Å²) in [7, 11) is -2.67. The second-order valence-electron chi connectivity index (χ2n) is 4.81. The largest absolute Gasteiger partial charge is 0.397 e. The van der Waals surface area contributed by atoms with Gasteiger partial charge in [-0.3, -0.25) is 14.5 Å². The summed E-state index contributed by atoms with van der Waals surface area (Å²) in [5, 5.41) is 0.248. The third-order valence-corrected chi connectivity index (χ3v) is 5.20. The maximum Gasteiger partial charge on any atom is 0.247 e. The summed E-state index contributed by atoms with van der Waals surface area (Å²) in [6.45, 7) is 1.56. The van der Waals surface area contributed by atoms with Gasteiger partial charge in [-0.25, -0.2) is 8.42 Å². The first kappa shape index (κ1) is 15.7. The molecule has 1 aromatic carbocycles.